The van der Waals surface area contributed by atoms with E-state index in [0.29, 0.717) is 11.6 Å². The van der Waals surface area contributed by atoms with Crippen molar-refractivity contribution in [3.8, 4) is 0 Å². The first kappa shape index (κ1) is 21.3. The quantitative estimate of drug-likeness (QED) is 0.456. The average Bonchev–Trinajstić information content (AvgIpc) is 3.47. The molecule has 1 unspecified atom stereocenters. The van der Waals surface area contributed by atoms with E-state index in [2.05, 4.69) is 64.1 Å². The van der Waals surface area contributed by atoms with Crippen molar-refractivity contribution in [1.29, 1.82) is 0 Å². The van der Waals surface area contributed by atoms with Crippen LogP contribution < -0.4 is 10.2 Å². The van der Waals surface area contributed by atoms with Crippen LogP contribution >= 0.6 is 0 Å². The summed E-state index contributed by atoms with van der Waals surface area (Å²) in [6, 6.07) is 27.2. The fourth-order valence-electron chi connectivity index (χ4n) is 4.69. The first-order chi connectivity index (χ1) is 16.1. The van der Waals surface area contributed by atoms with E-state index in [1.807, 2.05) is 54.7 Å². The van der Waals surface area contributed by atoms with Gasteiger partial charge in [-0.05, 0) is 56.4 Å². The number of anilines is 2. The molecule has 2 heterocycles. The van der Waals surface area contributed by atoms with Crippen LogP contribution in [-0.4, -0.2) is 48.6 Å². The molecule has 0 bridgehead atoms. The third kappa shape index (κ3) is 4.50. The molecule has 5 heteroatoms. The van der Waals surface area contributed by atoms with Gasteiger partial charge in [0.15, 0.2) is 0 Å². The second-order valence-corrected chi connectivity index (χ2v) is 9.03. The molecule has 1 saturated heterocycles. The zero-order valence-corrected chi connectivity index (χ0v) is 19.2. The number of likely N-dealkylation sites (N-methyl/N-ethyl adjacent to an activating group) is 1. The topological polar surface area (TPSA) is 40.5 Å². The maximum Gasteiger partial charge on any atom is 0.257 e. The van der Waals surface area contributed by atoms with Crippen molar-refractivity contribution in [2.75, 3.05) is 37.4 Å². The highest BCUT2D eigenvalue weighted by Gasteiger charge is 2.24. The Morgan fingerprint density at radius 2 is 1.70 bits per heavy atom. The molecular formula is C28H30N4O. The molecule has 1 atom stereocenters. The third-order valence-electron chi connectivity index (χ3n) is 6.61. The summed E-state index contributed by atoms with van der Waals surface area (Å²) in [6.07, 6.45) is 3.14. The van der Waals surface area contributed by atoms with Gasteiger partial charge in [0.2, 0.25) is 0 Å². The van der Waals surface area contributed by atoms with E-state index in [9.17, 15) is 4.79 Å². The first-order valence-electron chi connectivity index (χ1n) is 11.5. The summed E-state index contributed by atoms with van der Waals surface area (Å²) < 4.78 is 2.15. The number of hydrogen-bond acceptors (Lipinski definition) is 3. The summed E-state index contributed by atoms with van der Waals surface area (Å²) in [4.78, 5) is 17.9. The van der Waals surface area contributed by atoms with Crippen LogP contribution in [-0.2, 0) is 6.54 Å². The fourth-order valence-corrected chi connectivity index (χ4v) is 4.69. The largest absolute Gasteiger partial charge is 0.370 e. The Morgan fingerprint density at radius 1 is 0.970 bits per heavy atom. The smallest absolute Gasteiger partial charge is 0.257 e. The van der Waals surface area contributed by atoms with Crippen molar-refractivity contribution >= 4 is 28.2 Å². The summed E-state index contributed by atoms with van der Waals surface area (Å²) in [5.74, 6) is -0.0837. The zero-order chi connectivity index (χ0) is 22.8. The Bertz CT molecular complexity index is 1240. The number of fused-ring (bicyclic) bond motifs is 1. The Labute approximate surface area is 195 Å². The number of carbonyl (C=O) groups is 1. The number of rotatable bonds is 6. The number of nitrogens with zero attached hydrogens (tertiary/aromatic N) is 3. The minimum absolute atomic E-state index is 0.0837. The molecule has 1 fully saturated rings. The molecule has 1 aromatic heterocycles. The maximum absolute atomic E-state index is 13.2. The van der Waals surface area contributed by atoms with Crippen molar-refractivity contribution in [3.05, 3.63) is 96.2 Å². The average molecular weight is 439 g/mol. The molecule has 0 radical (unpaired) electrons. The van der Waals surface area contributed by atoms with E-state index < -0.39 is 0 Å². The number of carbonyl (C=O) groups excluding carboxylic acids is 1. The van der Waals surface area contributed by atoms with Crippen LogP contribution in [0.15, 0.2) is 85.1 Å². The van der Waals surface area contributed by atoms with E-state index in [1.165, 1.54) is 17.7 Å². The van der Waals surface area contributed by atoms with E-state index in [0.717, 1.165) is 36.2 Å². The molecule has 1 aliphatic heterocycles. The Morgan fingerprint density at radius 3 is 2.42 bits per heavy atom. The van der Waals surface area contributed by atoms with Crippen LogP contribution in [0.5, 0.6) is 0 Å². The Kier molecular flexibility index (Phi) is 5.88. The summed E-state index contributed by atoms with van der Waals surface area (Å²) in [7, 11) is 4.28. The number of benzene rings is 3. The monoisotopic (exact) mass is 438 g/mol. The van der Waals surface area contributed by atoms with Gasteiger partial charge in [-0.25, -0.2) is 0 Å². The molecule has 5 nitrogen and oxygen atoms in total. The standard InChI is InChI=1S/C28H30N4O/c1-30(2)24-16-17-31(19-24)23-14-12-22(13-15-23)29-28(33)26-20-32(18-21-8-4-3-5-9-21)27-11-7-6-10-25(26)27/h3-15,20,24H,16-19H2,1-2H3,(H,29,33). The molecule has 168 valence electrons. The molecular weight excluding hydrogens is 408 g/mol. The van der Waals surface area contributed by atoms with Crippen LogP contribution in [0.4, 0.5) is 11.4 Å². The van der Waals surface area contributed by atoms with Crippen LogP contribution in [0.2, 0.25) is 0 Å². The summed E-state index contributed by atoms with van der Waals surface area (Å²) in [6.45, 7) is 2.84. The number of amides is 1. The SMILES string of the molecule is CN(C)C1CCN(c2ccc(NC(=O)c3cn(Cc4ccccc4)c4ccccc34)cc2)C1. The van der Waals surface area contributed by atoms with Gasteiger partial charge >= 0.3 is 0 Å². The fraction of sp³-hybridized carbons (Fsp3) is 0.250. The van der Waals surface area contributed by atoms with Gasteiger partial charge in [-0.2, -0.15) is 0 Å². The lowest BCUT2D eigenvalue weighted by molar-refractivity contribution is 0.102. The molecule has 33 heavy (non-hydrogen) atoms. The van der Waals surface area contributed by atoms with Gasteiger partial charge in [0.1, 0.15) is 0 Å². The third-order valence-corrected chi connectivity index (χ3v) is 6.61. The van der Waals surface area contributed by atoms with Crippen molar-refractivity contribution in [1.82, 2.24) is 9.47 Å². The molecule has 1 N–H and O–H groups in total. The second kappa shape index (κ2) is 9.12. The molecule has 0 spiro atoms. The molecule has 0 saturated carbocycles. The Balaban J connectivity index is 1.33. The van der Waals surface area contributed by atoms with E-state index in [4.69, 9.17) is 0 Å². The lowest BCUT2D eigenvalue weighted by atomic mass is 10.1. The van der Waals surface area contributed by atoms with Crippen molar-refractivity contribution in [2.24, 2.45) is 0 Å². The number of para-hydroxylation sites is 1. The highest BCUT2D eigenvalue weighted by molar-refractivity contribution is 6.13. The van der Waals surface area contributed by atoms with Crippen molar-refractivity contribution < 1.29 is 4.79 Å². The first-order valence-corrected chi connectivity index (χ1v) is 11.5. The molecule has 1 aliphatic rings. The van der Waals surface area contributed by atoms with Gasteiger partial charge in [-0.1, -0.05) is 48.5 Å². The highest BCUT2D eigenvalue weighted by Crippen LogP contribution is 2.26. The van der Waals surface area contributed by atoms with Gasteiger partial charge in [0, 0.05) is 54.2 Å². The van der Waals surface area contributed by atoms with Crippen LogP contribution in [0, 0.1) is 0 Å². The van der Waals surface area contributed by atoms with Gasteiger partial charge in [-0.3, -0.25) is 4.79 Å². The normalized spacial score (nSPS) is 16.0. The van der Waals surface area contributed by atoms with Crippen molar-refractivity contribution in [3.63, 3.8) is 0 Å². The van der Waals surface area contributed by atoms with E-state index >= 15 is 0 Å². The molecule has 5 rings (SSSR count). The van der Waals surface area contributed by atoms with E-state index in [1.54, 1.807) is 0 Å². The second-order valence-electron chi connectivity index (χ2n) is 9.03. The number of hydrogen-bond donors (Lipinski definition) is 1. The minimum Gasteiger partial charge on any atom is -0.370 e. The predicted molar refractivity (Wildman–Crippen MR) is 136 cm³/mol. The maximum atomic E-state index is 13.2. The molecule has 0 aliphatic carbocycles. The summed E-state index contributed by atoms with van der Waals surface area (Å²) >= 11 is 0. The zero-order valence-electron chi connectivity index (χ0n) is 19.2. The number of nitrogens with one attached hydrogen (secondary N) is 1. The van der Waals surface area contributed by atoms with Crippen LogP contribution in [0.25, 0.3) is 10.9 Å². The van der Waals surface area contributed by atoms with Gasteiger partial charge in [0.05, 0.1) is 5.56 Å². The van der Waals surface area contributed by atoms with Gasteiger partial charge in [0.25, 0.3) is 5.91 Å². The predicted octanol–water partition coefficient (Wildman–Crippen LogP) is 5.08. The number of aromatic nitrogens is 1. The minimum atomic E-state index is -0.0837. The van der Waals surface area contributed by atoms with E-state index in [-0.39, 0.29) is 5.91 Å². The lowest BCUT2D eigenvalue weighted by Gasteiger charge is -2.22. The van der Waals surface area contributed by atoms with Crippen molar-refractivity contribution in [2.45, 2.75) is 19.0 Å². The van der Waals surface area contributed by atoms with Gasteiger partial charge in [-0.15, -0.1) is 0 Å². The van der Waals surface area contributed by atoms with Crippen LogP contribution in [0.1, 0.15) is 22.3 Å². The van der Waals surface area contributed by atoms with Crippen LogP contribution in [0.3, 0.4) is 0 Å². The highest BCUT2D eigenvalue weighted by atomic mass is 16.1. The molecule has 1 amide bonds. The Hall–Kier alpha value is -3.57. The molecule has 4 aromatic rings. The summed E-state index contributed by atoms with van der Waals surface area (Å²) in [5.41, 5.74) is 4.98. The van der Waals surface area contributed by atoms with Gasteiger partial charge < -0.3 is 19.7 Å². The summed E-state index contributed by atoms with van der Waals surface area (Å²) in [5, 5.41) is 4.06. The molecule has 3 aromatic carbocycles. The lowest BCUT2D eigenvalue weighted by Crippen LogP contribution is -2.31.